The number of anilines is 3. The van der Waals surface area contributed by atoms with E-state index in [0.717, 1.165) is 55.9 Å². The normalized spacial score (nSPS) is 15.7. The lowest BCUT2D eigenvalue weighted by Gasteiger charge is -2.37. The number of fused-ring (bicyclic) bond motifs is 3. The van der Waals surface area contributed by atoms with Crippen LogP contribution in [0, 0.1) is 5.82 Å². The van der Waals surface area contributed by atoms with Crippen LogP contribution in [0.3, 0.4) is 0 Å². The maximum Gasteiger partial charge on any atom is 0.225 e. The first-order chi connectivity index (χ1) is 19.6. The monoisotopic (exact) mass is 563 g/mol. The van der Waals surface area contributed by atoms with Crippen molar-refractivity contribution >= 4 is 34.9 Å². The minimum Gasteiger partial charge on any atom is -0.487 e. The van der Waals surface area contributed by atoms with Crippen molar-refractivity contribution in [2.45, 2.75) is 11.5 Å². The van der Waals surface area contributed by atoms with Gasteiger partial charge < -0.3 is 24.7 Å². The molecule has 1 fully saturated rings. The summed E-state index contributed by atoms with van der Waals surface area (Å²) in [6.45, 7) is 5.04. The van der Waals surface area contributed by atoms with Crippen LogP contribution < -0.4 is 20.3 Å². The first-order valence-electron chi connectivity index (χ1n) is 12.9. The lowest BCUT2D eigenvalue weighted by Crippen LogP contribution is -2.48. The smallest absolute Gasteiger partial charge is 0.225 e. The van der Waals surface area contributed by atoms with Crippen LogP contribution in [0.15, 0.2) is 52.1 Å². The van der Waals surface area contributed by atoms with Crippen LogP contribution in [0.4, 0.5) is 21.8 Å². The maximum absolute atomic E-state index is 14.9. The fourth-order valence-corrected chi connectivity index (χ4v) is 6.02. The van der Waals surface area contributed by atoms with Gasteiger partial charge in [0.2, 0.25) is 11.8 Å². The third-order valence-electron chi connectivity index (χ3n) is 7.03. The number of rotatable bonds is 8. The number of halogens is 1. The van der Waals surface area contributed by atoms with Crippen LogP contribution in [-0.2, 0) is 6.61 Å². The van der Waals surface area contributed by atoms with Gasteiger partial charge in [0.1, 0.15) is 23.9 Å². The Bertz CT molecular complexity index is 1620. The molecular formula is C25H26FN11O2S. The summed E-state index contributed by atoms with van der Waals surface area (Å²) in [7, 11) is 0. The SMILES string of the molecule is Nc1nc2c(c3nc(-c4ccco4)nn13)SCN2CCN1CCN(c2ccc(OCc3c[nH]nn3)cc2F)CC1. The van der Waals surface area contributed by atoms with Crippen LogP contribution in [0.5, 0.6) is 5.75 Å². The number of thioether (sulfide) groups is 1. The Morgan fingerprint density at radius 2 is 2.02 bits per heavy atom. The number of aromatic nitrogens is 7. The van der Waals surface area contributed by atoms with E-state index in [1.165, 1.54) is 6.07 Å². The molecule has 0 unspecified atom stereocenters. The molecule has 0 radical (unpaired) electrons. The minimum absolute atomic E-state index is 0.228. The summed E-state index contributed by atoms with van der Waals surface area (Å²) in [5, 5.41) is 14.6. The summed E-state index contributed by atoms with van der Waals surface area (Å²) >= 11 is 1.68. The predicted octanol–water partition coefficient (Wildman–Crippen LogP) is 2.49. The molecule has 7 rings (SSSR count). The molecule has 0 aliphatic carbocycles. The summed E-state index contributed by atoms with van der Waals surface area (Å²) < 4.78 is 27.5. The first-order valence-corrected chi connectivity index (χ1v) is 13.8. The summed E-state index contributed by atoms with van der Waals surface area (Å²) in [5.74, 6) is 3.12. The van der Waals surface area contributed by atoms with Gasteiger partial charge in [0.15, 0.2) is 17.2 Å². The van der Waals surface area contributed by atoms with Gasteiger partial charge in [0.05, 0.1) is 22.7 Å². The molecule has 4 aromatic heterocycles. The van der Waals surface area contributed by atoms with Crippen molar-refractivity contribution in [2.24, 2.45) is 0 Å². The van der Waals surface area contributed by atoms with Crippen LogP contribution in [0.25, 0.3) is 17.2 Å². The highest BCUT2D eigenvalue weighted by Gasteiger charge is 2.29. The Kier molecular flexibility index (Phi) is 6.36. The van der Waals surface area contributed by atoms with E-state index in [4.69, 9.17) is 14.9 Å². The van der Waals surface area contributed by atoms with Crippen molar-refractivity contribution in [3.8, 4) is 17.3 Å². The van der Waals surface area contributed by atoms with Gasteiger partial charge in [-0.2, -0.15) is 9.50 Å². The second-order valence-electron chi connectivity index (χ2n) is 9.50. The molecule has 0 saturated carbocycles. The minimum atomic E-state index is -0.296. The molecule has 3 N–H and O–H groups in total. The summed E-state index contributed by atoms with van der Waals surface area (Å²) in [5.41, 5.74) is 8.18. The number of aromatic amines is 1. The van der Waals surface area contributed by atoms with Gasteiger partial charge in [-0.3, -0.25) is 10.00 Å². The van der Waals surface area contributed by atoms with Crippen LogP contribution in [0.2, 0.25) is 0 Å². The Morgan fingerprint density at radius 3 is 2.80 bits per heavy atom. The predicted molar refractivity (Wildman–Crippen MR) is 147 cm³/mol. The van der Waals surface area contributed by atoms with E-state index in [1.807, 2.05) is 6.07 Å². The Hall–Kier alpha value is -4.37. The van der Waals surface area contributed by atoms with Crippen molar-refractivity contribution in [1.82, 2.24) is 39.9 Å². The number of nitrogens with two attached hydrogens (primary N) is 1. The second-order valence-corrected chi connectivity index (χ2v) is 10.5. The molecule has 0 spiro atoms. The Balaban J connectivity index is 0.956. The van der Waals surface area contributed by atoms with Crippen LogP contribution in [0.1, 0.15) is 5.69 Å². The second kappa shape index (κ2) is 10.3. The van der Waals surface area contributed by atoms with Crippen LogP contribution in [-0.4, -0.2) is 85.0 Å². The maximum atomic E-state index is 14.9. The molecule has 5 aromatic rings. The lowest BCUT2D eigenvalue weighted by atomic mass is 10.2. The van der Waals surface area contributed by atoms with E-state index < -0.39 is 0 Å². The fraction of sp³-hybridized carbons (Fsp3) is 0.320. The average molecular weight is 564 g/mol. The molecule has 2 aliphatic heterocycles. The van der Waals surface area contributed by atoms with Crippen molar-refractivity contribution in [2.75, 3.05) is 60.7 Å². The number of nitrogen functional groups attached to an aromatic ring is 1. The number of hydrogen-bond donors (Lipinski definition) is 2. The van der Waals surface area contributed by atoms with Gasteiger partial charge >= 0.3 is 0 Å². The molecule has 6 heterocycles. The van der Waals surface area contributed by atoms with E-state index in [2.05, 4.69) is 45.2 Å². The van der Waals surface area contributed by atoms with Crippen molar-refractivity contribution in [1.29, 1.82) is 0 Å². The van der Waals surface area contributed by atoms with E-state index in [-0.39, 0.29) is 18.4 Å². The molecule has 0 bridgehead atoms. The van der Waals surface area contributed by atoms with E-state index in [9.17, 15) is 4.39 Å². The van der Waals surface area contributed by atoms with Crippen LogP contribution >= 0.6 is 11.8 Å². The quantitative estimate of drug-likeness (QED) is 0.286. The summed E-state index contributed by atoms with van der Waals surface area (Å²) in [4.78, 5) is 17.0. The zero-order valence-electron chi connectivity index (χ0n) is 21.4. The largest absolute Gasteiger partial charge is 0.487 e. The van der Waals surface area contributed by atoms with Gasteiger partial charge in [-0.05, 0) is 24.3 Å². The standard InChI is InChI=1S/C25H26FN11O2S/c26-18-12-17(39-14-16-13-28-33-31-16)3-4-19(18)35-8-5-34(6-9-35)7-10-36-15-40-21-23(36)30-25(27)37-24(21)29-22(32-37)20-2-1-11-38-20/h1-4,11-13H,5-10,14-15H2,(H2,27,30)(H,28,31,33). The number of furan rings is 1. The number of ether oxygens (including phenoxy) is 1. The Labute approximate surface area is 232 Å². The summed E-state index contributed by atoms with van der Waals surface area (Å²) in [6, 6.07) is 8.61. The molecule has 0 amide bonds. The highest BCUT2D eigenvalue weighted by atomic mass is 32.2. The van der Waals surface area contributed by atoms with E-state index >= 15 is 0 Å². The number of hydrogen-bond acceptors (Lipinski definition) is 12. The lowest BCUT2D eigenvalue weighted by molar-refractivity contribution is 0.262. The van der Waals surface area contributed by atoms with Crippen molar-refractivity contribution < 1.29 is 13.5 Å². The fourth-order valence-electron chi connectivity index (χ4n) is 4.91. The van der Waals surface area contributed by atoms with Gasteiger partial charge in [-0.25, -0.2) is 9.37 Å². The number of piperazine rings is 1. The molecule has 0 atom stereocenters. The van der Waals surface area contributed by atoms with Gasteiger partial charge in [0.25, 0.3) is 0 Å². The average Bonchev–Trinajstić information content (AvgIpc) is 3.78. The molecule has 206 valence electrons. The molecule has 1 saturated heterocycles. The highest BCUT2D eigenvalue weighted by molar-refractivity contribution is 8.00. The van der Waals surface area contributed by atoms with Crippen molar-refractivity contribution in [3.63, 3.8) is 0 Å². The van der Waals surface area contributed by atoms with Gasteiger partial charge in [-0.1, -0.05) is 17.0 Å². The molecular weight excluding hydrogens is 537 g/mol. The topological polar surface area (TPSA) is 143 Å². The van der Waals surface area contributed by atoms with Gasteiger partial charge in [0, 0.05) is 51.5 Å². The molecule has 1 aromatic carbocycles. The van der Waals surface area contributed by atoms with Gasteiger partial charge in [-0.15, -0.1) is 10.2 Å². The third kappa shape index (κ3) is 4.66. The number of nitrogens with one attached hydrogen (secondary N) is 1. The zero-order chi connectivity index (χ0) is 27.1. The Morgan fingerprint density at radius 1 is 1.12 bits per heavy atom. The highest BCUT2D eigenvalue weighted by Crippen LogP contribution is 2.40. The number of benzene rings is 1. The first kappa shape index (κ1) is 24.7. The molecule has 40 heavy (non-hydrogen) atoms. The third-order valence-corrected chi connectivity index (χ3v) is 8.12. The number of nitrogens with zero attached hydrogens (tertiary/aromatic N) is 9. The van der Waals surface area contributed by atoms with E-state index in [0.29, 0.717) is 34.4 Å². The van der Waals surface area contributed by atoms with E-state index in [1.54, 1.807) is 46.9 Å². The number of H-pyrrole nitrogens is 1. The molecule has 2 aliphatic rings. The van der Waals surface area contributed by atoms with Crippen molar-refractivity contribution in [3.05, 3.63) is 54.3 Å². The zero-order valence-corrected chi connectivity index (χ0v) is 22.2. The molecule has 13 nitrogen and oxygen atoms in total. The summed E-state index contributed by atoms with van der Waals surface area (Å²) in [6.07, 6.45) is 3.24. The molecule has 15 heteroatoms.